The standard InChI is InChI=1S/C22H25NO2.C2H6/c24-17-21(15-18-7-3-1-4-8-18)22(25)20-11-13-23(14-12-20)16-19-9-5-2-6-10-19;1-2/h1-10,17,20-21H,11-16H2;1-2H3. The molecule has 1 fully saturated rings. The van der Waals surface area contributed by atoms with Gasteiger partial charge in [0, 0.05) is 12.5 Å². The monoisotopic (exact) mass is 365 g/mol. The molecule has 27 heavy (non-hydrogen) atoms. The van der Waals surface area contributed by atoms with Crippen LogP contribution >= 0.6 is 0 Å². The highest BCUT2D eigenvalue weighted by Crippen LogP contribution is 2.23. The fraction of sp³-hybridized carbons (Fsp3) is 0.417. The summed E-state index contributed by atoms with van der Waals surface area (Å²) in [6.45, 7) is 6.77. The predicted octanol–water partition coefficient (Wildman–Crippen LogP) is 4.55. The topological polar surface area (TPSA) is 37.4 Å². The van der Waals surface area contributed by atoms with Gasteiger partial charge in [0.1, 0.15) is 12.1 Å². The predicted molar refractivity (Wildman–Crippen MR) is 110 cm³/mol. The summed E-state index contributed by atoms with van der Waals surface area (Å²) in [6.07, 6.45) is 3.06. The van der Waals surface area contributed by atoms with Gasteiger partial charge in [-0.2, -0.15) is 0 Å². The first-order valence-corrected chi connectivity index (χ1v) is 10.1. The summed E-state index contributed by atoms with van der Waals surface area (Å²) in [5.41, 5.74) is 2.36. The van der Waals surface area contributed by atoms with Crippen LogP contribution in [0.25, 0.3) is 0 Å². The first-order valence-electron chi connectivity index (χ1n) is 10.1. The lowest BCUT2D eigenvalue weighted by atomic mass is 9.83. The number of carbonyl (C=O) groups is 2. The minimum Gasteiger partial charge on any atom is -0.303 e. The van der Waals surface area contributed by atoms with Crippen LogP contribution in [0.5, 0.6) is 0 Å². The summed E-state index contributed by atoms with van der Waals surface area (Å²) in [7, 11) is 0. The number of likely N-dealkylation sites (tertiary alicyclic amines) is 1. The van der Waals surface area contributed by atoms with Crippen LogP contribution < -0.4 is 0 Å². The average molecular weight is 366 g/mol. The molecule has 2 aromatic carbocycles. The maximum absolute atomic E-state index is 12.7. The second-order valence-electron chi connectivity index (χ2n) is 6.87. The number of aldehydes is 1. The number of Topliss-reactive ketones (excluding diaryl/α,β-unsaturated/α-hetero) is 1. The van der Waals surface area contributed by atoms with Crippen LogP contribution in [0.2, 0.25) is 0 Å². The van der Waals surface area contributed by atoms with Gasteiger partial charge in [0.2, 0.25) is 0 Å². The molecule has 0 spiro atoms. The SMILES string of the molecule is CC.O=CC(Cc1ccccc1)C(=O)C1CCN(Cc2ccccc2)CC1. The lowest BCUT2D eigenvalue weighted by molar-refractivity contribution is -0.131. The van der Waals surface area contributed by atoms with Crippen LogP contribution in [-0.2, 0) is 22.6 Å². The molecule has 1 aliphatic rings. The molecule has 0 aliphatic carbocycles. The summed E-state index contributed by atoms with van der Waals surface area (Å²) in [5.74, 6) is -0.364. The van der Waals surface area contributed by atoms with E-state index in [4.69, 9.17) is 0 Å². The highest BCUT2D eigenvalue weighted by molar-refractivity contribution is 5.95. The third kappa shape index (κ3) is 6.44. The van der Waals surface area contributed by atoms with Crippen molar-refractivity contribution in [3.63, 3.8) is 0 Å². The molecule has 3 rings (SSSR count). The third-order valence-electron chi connectivity index (χ3n) is 5.07. The number of benzene rings is 2. The van der Waals surface area contributed by atoms with Gasteiger partial charge < -0.3 is 4.79 Å². The Kier molecular flexibility index (Phi) is 8.93. The van der Waals surface area contributed by atoms with E-state index >= 15 is 0 Å². The zero-order chi connectivity index (χ0) is 19.5. The number of carbonyl (C=O) groups excluding carboxylic acids is 2. The molecule has 1 heterocycles. The van der Waals surface area contributed by atoms with Crippen LogP contribution in [-0.4, -0.2) is 30.1 Å². The first-order chi connectivity index (χ1) is 13.3. The first kappa shape index (κ1) is 21.0. The Morgan fingerprint density at radius 2 is 1.48 bits per heavy atom. The molecule has 0 radical (unpaired) electrons. The van der Waals surface area contributed by atoms with E-state index in [0.717, 1.165) is 44.3 Å². The van der Waals surface area contributed by atoms with Gasteiger partial charge in [-0.15, -0.1) is 0 Å². The van der Waals surface area contributed by atoms with Crippen molar-refractivity contribution in [2.24, 2.45) is 11.8 Å². The summed E-state index contributed by atoms with van der Waals surface area (Å²) >= 11 is 0. The van der Waals surface area contributed by atoms with Gasteiger partial charge in [-0.05, 0) is 43.5 Å². The zero-order valence-corrected chi connectivity index (χ0v) is 16.5. The van der Waals surface area contributed by atoms with E-state index in [-0.39, 0.29) is 11.7 Å². The number of hydrogen-bond acceptors (Lipinski definition) is 3. The van der Waals surface area contributed by atoms with Crippen LogP contribution in [0, 0.1) is 11.8 Å². The summed E-state index contributed by atoms with van der Waals surface area (Å²) in [5, 5.41) is 0. The average Bonchev–Trinajstić information content (AvgIpc) is 2.75. The van der Waals surface area contributed by atoms with E-state index < -0.39 is 5.92 Å². The largest absolute Gasteiger partial charge is 0.303 e. The lowest BCUT2D eigenvalue weighted by Crippen LogP contribution is -2.38. The van der Waals surface area contributed by atoms with Crippen molar-refractivity contribution in [1.29, 1.82) is 0 Å². The van der Waals surface area contributed by atoms with E-state index in [1.807, 2.05) is 50.2 Å². The number of rotatable bonds is 7. The van der Waals surface area contributed by atoms with Crippen LogP contribution in [0.1, 0.15) is 37.8 Å². The summed E-state index contributed by atoms with van der Waals surface area (Å²) in [6, 6.07) is 20.2. The van der Waals surface area contributed by atoms with Gasteiger partial charge in [-0.3, -0.25) is 9.69 Å². The van der Waals surface area contributed by atoms with Gasteiger partial charge in [0.05, 0.1) is 5.92 Å². The van der Waals surface area contributed by atoms with Gasteiger partial charge in [-0.1, -0.05) is 74.5 Å². The zero-order valence-electron chi connectivity index (χ0n) is 16.5. The number of piperidine rings is 1. The second kappa shape index (κ2) is 11.5. The molecule has 0 amide bonds. The fourth-order valence-electron chi connectivity index (χ4n) is 3.60. The van der Waals surface area contributed by atoms with Gasteiger partial charge >= 0.3 is 0 Å². The van der Waals surface area contributed by atoms with E-state index in [1.165, 1.54) is 5.56 Å². The van der Waals surface area contributed by atoms with Crippen LogP contribution in [0.4, 0.5) is 0 Å². The molecule has 1 unspecified atom stereocenters. The summed E-state index contributed by atoms with van der Waals surface area (Å²) < 4.78 is 0. The second-order valence-corrected chi connectivity index (χ2v) is 6.87. The van der Waals surface area contributed by atoms with Gasteiger partial charge in [0.15, 0.2) is 0 Å². The highest BCUT2D eigenvalue weighted by Gasteiger charge is 2.30. The Morgan fingerprint density at radius 3 is 2.00 bits per heavy atom. The Morgan fingerprint density at radius 1 is 0.963 bits per heavy atom. The Labute approximate surface area is 163 Å². The molecule has 0 bridgehead atoms. The normalized spacial score (nSPS) is 16.1. The molecule has 0 N–H and O–H groups in total. The molecule has 1 atom stereocenters. The minimum atomic E-state index is -0.506. The minimum absolute atomic E-state index is 0.0194. The van der Waals surface area contributed by atoms with E-state index in [9.17, 15) is 9.59 Å². The quantitative estimate of drug-likeness (QED) is 0.533. The fourth-order valence-corrected chi connectivity index (χ4v) is 3.60. The van der Waals surface area contributed by atoms with Crippen molar-refractivity contribution in [3.8, 4) is 0 Å². The van der Waals surface area contributed by atoms with Gasteiger partial charge in [0.25, 0.3) is 0 Å². The number of ketones is 1. The third-order valence-corrected chi connectivity index (χ3v) is 5.07. The molecule has 1 saturated heterocycles. The van der Waals surface area contributed by atoms with Gasteiger partial charge in [-0.25, -0.2) is 0 Å². The van der Waals surface area contributed by atoms with Crippen molar-refractivity contribution in [2.45, 2.75) is 39.7 Å². The van der Waals surface area contributed by atoms with Crippen LogP contribution in [0.15, 0.2) is 60.7 Å². The lowest BCUT2D eigenvalue weighted by Gasteiger charge is -2.32. The Balaban J connectivity index is 0.00000126. The smallest absolute Gasteiger partial charge is 0.146 e. The molecule has 3 nitrogen and oxygen atoms in total. The molecule has 0 aromatic heterocycles. The number of hydrogen-bond donors (Lipinski definition) is 0. The molecule has 3 heteroatoms. The molecule has 2 aromatic rings. The Hall–Kier alpha value is -2.26. The van der Waals surface area contributed by atoms with E-state index in [2.05, 4.69) is 29.2 Å². The molecule has 0 saturated carbocycles. The van der Waals surface area contributed by atoms with Crippen molar-refractivity contribution in [3.05, 3.63) is 71.8 Å². The van der Waals surface area contributed by atoms with Crippen molar-refractivity contribution in [1.82, 2.24) is 4.90 Å². The highest BCUT2D eigenvalue weighted by atomic mass is 16.1. The molecular formula is C24H31NO2. The Bertz CT molecular complexity index is 676. The maximum Gasteiger partial charge on any atom is 0.146 e. The van der Waals surface area contributed by atoms with Crippen molar-refractivity contribution in [2.75, 3.05) is 13.1 Å². The van der Waals surface area contributed by atoms with Crippen LogP contribution in [0.3, 0.4) is 0 Å². The maximum atomic E-state index is 12.7. The molecule has 1 aliphatic heterocycles. The van der Waals surface area contributed by atoms with Crippen molar-refractivity contribution >= 4 is 12.1 Å². The molecule has 144 valence electrons. The number of nitrogens with zero attached hydrogens (tertiary/aromatic N) is 1. The van der Waals surface area contributed by atoms with Crippen molar-refractivity contribution < 1.29 is 9.59 Å². The molecular weight excluding hydrogens is 334 g/mol. The van der Waals surface area contributed by atoms with E-state index in [0.29, 0.717) is 6.42 Å². The van der Waals surface area contributed by atoms with E-state index in [1.54, 1.807) is 0 Å². The summed E-state index contributed by atoms with van der Waals surface area (Å²) in [4.78, 5) is 26.6.